The van der Waals surface area contributed by atoms with E-state index in [-0.39, 0.29) is 19.1 Å². The molecule has 1 saturated heterocycles. The molecule has 0 bridgehead atoms. The van der Waals surface area contributed by atoms with Crippen molar-refractivity contribution in [3.05, 3.63) is 66.0 Å². The van der Waals surface area contributed by atoms with Crippen molar-refractivity contribution in [2.24, 2.45) is 16.3 Å². The SMILES string of the molecule is CN1N=C2CCN(C(=O)C(COc3ccc(F)cc3)NC(=O)C(C)(C)N)C[C@@]2(Cc2ccccc2)C1=O. The van der Waals surface area contributed by atoms with Crippen LogP contribution in [0.4, 0.5) is 4.39 Å². The van der Waals surface area contributed by atoms with E-state index in [2.05, 4.69) is 10.4 Å². The number of carbonyl (C=O) groups is 3. The summed E-state index contributed by atoms with van der Waals surface area (Å²) in [5.74, 6) is -1.16. The van der Waals surface area contributed by atoms with E-state index >= 15 is 0 Å². The Balaban J connectivity index is 1.58. The molecule has 10 heteroatoms. The number of fused-ring (bicyclic) bond motifs is 1. The van der Waals surface area contributed by atoms with Gasteiger partial charge in [-0.15, -0.1) is 0 Å². The summed E-state index contributed by atoms with van der Waals surface area (Å²) >= 11 is 0. The first-order valence-electron chi connectivity index (χ1n) is 12.2. The van der Waals surface area contributed by atoms with Crippen LogP contribution in [-0.2, 0) is 20.8 Å². The lowest BCUT2D eigenvalue weighted by molar-refractivity contribution is -0.143. The Morgan fingerprint density at radius 1 is 1.19 bits per heavy atom. The number of nitrogens with two attached hydrogens (primary N) is 1. The summed E-state index contributed by atoms with van der Waals surface area (Å²) in [6.07, 6.45) is 0.828. The Hall–Kier alpha value is -3.79. The molecule has 1 unspecified atom stereocenters. The van der Waals surface area contributed by atoms with Gasteiger partial charge in [-0.2, -0.15) is 5.10 Å². The number of carbonyl (C=O) groups excluding carboxylic acids is 3. The van der Waals surface area contributed by atoms with E-state index < -0.39 is 34.6 Å². The number of nitrogens with one attached hydrogen (secondary N) is 1. The van der Waals surface area contributed by atoms with Crippen molar-refractivity contribution in [1.82, 2.24) is 15.2 Å². The van der Waals surface area contributed by atoms with Gasteiger partial charge in [0.25, 0.3) is 5.91 Å². The molecule has 0 aromatic heterocycles. The summed E-state index contributed by atoms with van der Waals surface area (Å²) < 4.78 is 19.0. The maximum absolute atomic E-state index is 13.8. The summed E-state index contributed by atoms with van der Waals surface area (Å²) in [4.78, 5) is 41.4. The molecule has 2 heterocycles. The molecule has 0 radical (unpaired) electrons. The zero-order valence-corrected chi connectivity index (χ0v) is 21.2. The summed E-state index contributed by atoms with van der Waals surface area (Å²) in [7, 11) is 1.62. The number of hydrazone groups is 1. The van der Waals surface area contributed by atoms with Crippen molar-refractivity contribution in [2.45, 2.75) is 38.3 Å². The van der Waals surface area contributed by atoms with E-state index in [1.165, 1.54) is 43.1 Å². The summed E-state index contributed by atoms with van der Waals surface area (Å²) in [5, 5.41) is 8.53. The van der Waals surface area contributed by atoms with Crippen LogP contribution >= 0.6 is 0 Å². The number of likely N-dealkylation sites (tertiary alicyclic amines) is 1. The fourth-order valence-electron chi connectivity index (χ4n) is 4.66. The normalized spacial score (nSPS) is 20.2. The van der Waals surface area contributed by atoms with Gasteiger partial charge in [-0.1, -0.05) is 30.3 Å². The van der Waals surface area contributed by atoms with E-state index in [4.69, 9.17) is 10.5 Å². The van der Waals surface area contributed by atoms with Crippen molar-refractivity contribution < 1.29 is 23.5 Å². The van der Waals surface area contributed by atoms with Crippen LogP contribution in [0, 0.1) is 11.2 Å². The number of nitrogens with zero attached hydrogens (tertiary/aromatic N) is 3. The standard InChI is InChI=1S/C27H32FN5O4/c1-26(2,29)24(35)30-21(16-37-20-11-9-19(28)10-12-20)23(34)33-14-13-22-27(17-33,25(36)32(3)31-22)15-18-7-5-4-6-8-18/h4-12,21H,13-17,29H2,1-3H3,(H,30,35)/t21?,27-/m1/s1. The molecule has 3 amide bonds. The molecule has 4 rings (SSSR count). The van der Waals surface area contributed by atoms with Crippen LogP contribution in [-0.4, -0.2) is 71.7 Å². The quantitative estimate of drug-likeness (QED) is 0.562. The van der Waals surface area contributed by atoms with E-state index in [9.17, 15) is 18.8 Å². The van der Waals surface area contributed by atoms with Crippen LogP contribution in [0.2, 0.25) is 0 Å². The molecule has 2 aliphatic rings. The second kappa shape index (κ2) is 10.3. The lowest BCUT2D eigenvalue weighted by atomic mass is 9.73. The number of ether oxygens (including phenoxy) is 1. The molecule has 2 aromatic carbocycles. The van der Waals surface area contributed by atoms with E-state index in [0.717, 1.165) is 11.3 Å². The van der Waals surface area contributed by atoms with Crippen molar-refractivity contribution in [3.63, 3.8) is 0 Å². The van der Waals surface area contributed by atoms with E-state index in [1.807, 2.05) is 30.3 Å². The number of amides is 3. The largest absolute Gasteiger partial charge is 0.491 e. The van der Waals surface area contributed by atoms with Crippen molar-refractivity contribution in [3.8, 4) is 5.75 Å². The predicted octanol–water partition coefficient (Wildman–Crippen LogP) is 1.72. The zero-order valence-electron chi connectivity index (χ0n) is 21.2. The molecule has 2 aliphatic heterocycles. The zero-order chi connectivity index (χ0) is 26.8. The van der Waals surface area contributed by atoms with E-state index in [0.29, 0.717) is 25.1 Å². The Morgan fingerprint density at radius 3 is 2.51 bits per heavy atom. The highest BCUT2D eigenvalue weighted by Gasteiger charge is 2.54. The molecule has 37 heavy (non-hydrogen) atoms. The van der Waals surface area contributed by atoms with Crippen LogP contribution in [0.5, 0.6) is 5.75 Å². The molecule has 9 nitrogen and oxygen atoms in total. The third kappa shape index (κ3) is 5.64. The van der Waals surface area contributed by atoms with Crippen LogP contribution in [0.25, 0.3) is 0 Å². The van der Waals surface area contributed by atoms with Crippen LogP contribution in [0.3, 0.4) is 0 Å². The molecule has 0 saturated carbocycles. The minimum Gasteiger partial charge on any atom is -0.491 e. The second-order valence-corrected chi connectivity index (χ2v) is 10.1. The molecule has 196 valence electrons. The van der Waals surface area contributed by atoms with Gasteiger partial charge >= 0.3 is 0 Å². The molecule has 3 N–H and O–H groups in total. The second-order valence-electron chi connectivity index (χ2n) is 10.1. The number of halogens is 1. The number of benzene rings is 2. The Kier molecular flexibility index (Phi) is 7.31. The third-order valence-corrected chi connectivity index (χ3v) is 6.69. The molecular formula is C27H32FN5O4. The number of hydrogen-bond acceptors (Lipinski definition) is 6. The number of hydrogen-bond donors (Lipinski definition) is 2. The van der Waals surface area contributed by atoms with Crippen LogP contribution < -0.4 is 15.8 Å². The minimum atomic E-state index is -1.23. The molecule has 0 spiro atoms. The first kappa shape index (κ1) is 26.3. The highest BCUT2D eigenvalue weighted by Crippen LogP contribution is 2.38. The molecular weight excluding hydrogens is 477 g/mol. The van der Waals surface area contributed by atoms with Gasteiger partial charge in [0.05, 0.1) is 11.3 Å². The van der Waals surface area contributed by atoms with E-state index in [1.54, 1.807) is 11.9 Å². The first-order chi connectivity index (χ1) is 17.5. The highest BCUT2D eigenvalue weighted by molar-refractivity contribution is 6.13. The van der Waals surface area contributed by atoms with Gasteiger partial charge in [-0.3, -0.25) is 14.4 Å². The third-order valence-electron chi connectivity index (χ3n) is 6.69. The number of rotatable bonds is 8. The summed E-state index contributed by atoms with van der Waals surface area (Å²) in [5.41, 5.74) is 5.45. The van der Waals surface area contributed by atoms with Gasteiger partial charge in [0.1, 0.15) is 29.6 Å². The fourth-order valence-corrected chi connectivity index (χ4v) is 4.66. The summed E-state index contributed by atoms with van der Waals surface area (Å²) in [6, 6.07) is 13.9. The first-order valence-corrected chi connectivity index (χ1v) is 12.2. The Labute approximate surface area is 215 Å². The topological polar surface area (TPSA) is 117 Å². The van der Waals surface area contributed by atoms with Crippen molar-refractivity contribution >= 4 is 23.4 Å². The highest BCUT2D eigenvalue weighted by atomic mass is 19.1. The maximum atomic E-state index is 13.8. The maximum Gasteiger partial charge on any atom is 0.256 e. The van der Waals surface area contributed by atoms with Crippen LogP contribution in [0.15, 0.2) is 59.7 Å². The fraction of sp³-hybridized carbons (Fsp3) is 0.407. The minimum absolute atomic E-state index is 0.123. The van der Waals surface area contributed by atoms with Gasteiger partial charge in [0.2, 0.25) is 11.8 Å². The van der Waals surface area contributed by atoms with Crippen molar-refractivity contribution in [1.29, 1.82) is 0 Å². The average Bonchev–Trinajstić information content (AvgIpc) is 3.11. The monoisotopic (exact) mass is 509 g/mol. The lowest BCUT2D eigenvalue weighted by Crippen LogP contribution is -2.62. The molecule has 2 aromatic rings. The predicted molar refractivity (Wildman–Crippen MR) is 136 cm³/mol. The molecule has 0 aliphatic carbocycles. The summed E-state index contributed by atoms with van der Waals surface area (Å²) in [6.45, 7) is 3.34. The van der Waals surface area contributed by atoms with Gasteiger partial charge in [0, 0.05) is 26.6 Å². The van der Waals surface area contributed by atoms with Crippen LogP contribution in [0.1, 0.15) is 25.8 Å². The van der Waals surface area contributed by atoms with Gasteiger partial charge in [-0.25, -0.2) is 9.40 Å². The Morgan fingerprint density at radius 2 is 1.86 bits per heavy atom. The van der Waals surface area contributed by atoms with Gasteiger partial charge < -0.3 is 20.7 Å². The smallest absolute Gasteiger partial charge is 0.256 e. The van der Waals surface area contributed by atoms with Crippen molar-refractivity contribution in [2.75, 3.05) is 26.7 Å². The Bertz CT molecular complexity index is 1200. The molecule has 1 fully saturated rings. The number of piperidine rings is 1. The average molecular weight is 510 g/mol. The van der Waals surface area contributed by atoms with Gasteiger partial charge in [0.15, 0.2) is 0 Å². The molecule has 2 atom stereocenters. The lowest BCUT2D eigenvalue weighted by Gasteiger charge is -2.40. The van der Waals surface area contributed by atoms with Gasteiger partial charge in [-0.05, 0) is 50.1 Å².